The van der Waals surface area contributed by atoms with Gasteiger partial charge in [-0.25, -0.2) is 0 Å². The summed E-state index contributed by atoms with van der Waals surface area (Å²) in [5.74, 6) is -0.428. The van der Waals surface area contributed by atoms with Crippen LogP contribution in [0.2, 0.25) is 0 Å². The van der Waals surface area contributed by atoms with E-state index >= 15 is 0 Å². The Balaban J connectivity index is 0.00000225. The summed E-state index contributed by atoms with van der Waals surface area (Å²) in [4.78, 5) is 10.4. The average Bonchev–Trinajstić information content (AvgIpc) is 2.06. The van der Waals surface area contributed by atoms with Gasteiger partial charge in [0.15, 0.2) is 0 Å². The predicted octanol–water partition coefficient (Wildman–Crippen LogP) is 0.519. The zero-order chi connectivity index (χ0) is 11.6. The van der Waals surface area contributed by atoms with Gasteiger partial charge in [-0.3, -0.25) is 9.35 Å². The van der Waals surface area contributed by atoms with Crippen LogP contribution in [0.3, 0.4) is 0 Å². The molecule has 0 aliphatic carbocycles. The van der Waals surface area contributed by atoms with Crippen molar-refractivity contribution in [2.24, 2.45) is 0 Å². The van der Waals surface area contributed by atoms with Gasteiger partial charge in [0.1, 0.15) is 5.75 Å². The molecule has 0 saturated heterocycles. The first-order valence-electron chi connectivity index (χ1n) is 4.07. The second-order valence-electron chi connectivity index (χ2n) is 3.00. The molecule has 0 unspecified atom stereocenters. The van der Waals surface area contributed by atoms with Crippen molar-refractivity contribution < 1.29 is 22.5 Å². The predicted molar refractivity (Wildman–Crippen MR) is 59.5 cm³/mol. The van der Waals surface area contributed by atoms with Crippen molar-refractivity contribution in [3.63, 3.8) is 0 Å². The van der Waals surface area contributed by atoms with E-state index in [2.05, 4.69) is 0 Å². The third-order valence-corrected chi connectivity index (χ3v) is 2.56. The SMILES string of the molecule is CC(=O)Oc1cc(S(=O)(=O)O)ccc1C.[NaH]. The first-order valence-corrected chi connectivity index (χ1v) is 5.51. The number of hydrogen-bond donors (Lipinski definition) is 1. The quantitative estimate of drug-likeness (QED) is 0.360. The zero-order valence-electron chi connectivity index (χ0n) is 8.22. The van der Waals surface area contributed by atoms with Crippen LogP contribution >= 0.6 is 0 Å². The maximum absolute atomic E-state index is 10.8. The van der Waals surface area contributed by atoms with Crippen LogP contribution in [-0.4, -0.2) is 48.5 Å². The Hall–Kier alpha value is -0.400. The van der Waals surface area contributed by atoms with Crippen molar-refractivity contribution in [1.82, 2.24) is 0 Å². The minimum atomic E-state index is -4.27. The van der Waals surface area contributed by atoms with Gasteiger partial charge in [-0.15, -0.1) is 0 Å². The fraction of sp³-hybridized carbons (Fsp3) is 0.222. The van der Waals surface area contributed by atoms with Crippen LogP contribution in [0.5, 0.6) is 5.75 Å². The first kappa shape index (κ1) is 15.6. The number of rotatable bonds is 2. The third-order valence-electron chi connectivity index (χ3n) is 1.71. The van der Waals surface area contributed by atoms with Crippen LogP contribution < -0.4 is 4.74 Å². The number of aryl methyl sites for hydroxylation is 1. The molecule has 16 heavy (non-hydrogen) atoms. The van der Waals surface area contributed by atoms with E-state index in [4.69, 9.17) is 9.29 Å². The molecule has 0 bridgehead atoms. The summed E-state index contributed by atoms with van der Waals surface area (Å²) in [6.07, 6.45) is 0. The van der Waals surface area contributed by atoms with Gasteiger partial charge in [-0.2, -0.15) is 8.42 Å². The Bertz CT molecular complexity index is 495. The number of ether oxygens (including phenoxy) is 1. The molecule has 7 heteroatoms. The molecule has 5 nitrogen and oxygen atoms in total. The second-order valence-corrected chi connectivity index (χ2v) is 4.42. The normalized spacial score (nSPS) is 10.4. The van der Waals surface area contributed by atoms with Gasteiger partial charge in [0, 0.05) is 13.0 Å². The molecule has 1 aromatic carbocycles. The molecule has 1 rings (SSSR count). The van der Waals surface area contributed by atoms with Gasteiger partial charge in [-0.1, -0.05) is 6.07 Å². The molecule has 0 aliphatic rings. The van der Waals surface area contributed by atoms with Crippen molar-refractivity contribution in [2.75, 3.05) is 0 Å². The molecule has 0 radical (unpaired) electrons. The Morgan fingerprint density at radius 3 is 2.38 bits per heavy atom. The summed E-state index contributed by atoms with van der Waals surface area (Å²) in [6, 6.07) is 3.78. The molecule has 1 N–H and O–H groups in total. The van der Waals surface area contributed by atoms with Crippen LogP contribution in [0.25, 0.3) is 0 Å². The Kier molecular flexibility index (Phi) is 5.64. The number of carbonyl (C=O) groups is 1. The molecule has 0 atom stereocenters. The Labute approximate surface area is 116 Å². The number of hydrogen-bond acceptors (Lipinski definition) is 4. The second kappa shape index (κ2) is 5.79. The van der Waals surface area contributed by atoms with Gasteiger partial charge < -0.3 is 4.74 Å². The van der Waals surface area contributed by atoms with Crippen LogP contribution in [0.15, 0.2) is 23.1 Å². The van der Waals surface area contributed by atoms with Gasteiger partial charge in [0.2, 0.25) is 0 Å². The van der Waals surface area contributed by atoms with Crippen LogP contribution in [0.1, 0.15) is 12.5 Å². The van der Waals surface area contributed by atoms with E-state index in [0.29, 0.717) is 5.56 Å². The fourth-order valence-electron chi connectivity index (χ4n) is 1.01. The third kappa shape index (κ3) is 4.23. The monoisotopic (exact) mass is 254 g/mol. The Morgan fingerprint density at radius 2 is 1.94 bits per heavy atom. The summed E-state index contributed by atoms with van der Waals surface area (Å²) in [5.41, 5.74) is 0.609. The molecule has 0 heterocycles. The van der Waals surface area contributed by atoms with Gasteiger partial charge in [0.25, 0.3) is 10.1 Å². The van der Waals surface area contributed by atoms with Crippen molar-refractivity contribution in [2.45, 2.75) is 18.7 Å². The van der Waals surface area contributed by atoms with E-state index in [1.807, 2.05) is 0 Å². The van der Waals surface area contributed by atoms with E-state index in [9.17, 15) is 13.2 Å². The molecular weight excluding hydrogens is 243 g/mol. The van der Waals surface area contributed by atoms with Crippen molar-refractivity contribution in [3.8, 4) is 5.75 Å². The molecule has 0 saturated carbocycles. The van der Waals surface area contributed by atoms with Crippen LogP contribution in [-0.2, 0) is 14.9 Å². The molecule has 0 aliphatic heterocycles. The number of benzene rings is 1. The summed E-state index contributed by atoms with van der Waals surface area (Å²) < 4.78 is 35.1. The molecule has 84 valence electrons. The molecule has 0 fully saturated rings. The van der Waals surface area contributed by atoms with E-state index < -0.39 is 16.1 Å². The van der Waals surface area contributed by atoms with E-state index in [1.54, 1.807) is 6.92 Å². The number of esters is 1. The molecular formula is C9H11NaO5S. The Morgan fingerprint density at radius 1 is 1.38 bits per heavy atom. The summed E-state index contributed by atoms with van der Waals surface area (Å²) in [5, 5.41) is 0. The van der Waals surface area contributed by atoms with Gasteiger partial charge in [-0.05, 0) is 18.6 Å². The topological polar surface area (TPSA) is 80.7 Å². The molecule has 1 aromatic rings. The maximum atomic E-state index is 10.8. The number of carbonyl (C=O) groups excluding carboxylic acids is 1. The van der Waals surface area contributed by atoms with E-state index in [-0.39, 0.29) is 40.2 Å². The van der Waals surface area contributed by atoms with Gasteiger partial charge >= 0.3 is 35.5 Å². The van der Waals surface area contributed by atoms with Crippen molar-refractivity contribution in [3.05, 3.63) is 23.8 Å². The fourth-order valence-corrected chi connectivity index (χ4v) is 1.50. The summed E-state index contributed by atoms with van der Waals surface area (Å²) >= 11 is 0. The van der Waals surface area contributed by atoms with Crippen molar-refractivity contribution >= 4 is 45.6 Å². The van der Waals surface area contributed by atoms with E-state index in [1.165, 1.54) is 19.1 Å². The molecule has 0 aromatic heterocycles. The molecule has 0 spiro atoms. The van der Waals surface area contributed by atoms with Crippen LogP contribution in [0.4, 0.5) is 0 Å². The zero-order valence-corrected chi connectivity index (χ0v) is 9.04. The summed E-state index contributed by atoms with van der Waals surface area (Å²) in [7, 11) is -4.27. The minimum absolute atomic E-state index is 0. The molecule has 0 amide bonds. The summed E-state index contributed by atoms with van der Waals surface area (Å²) in [6.45, 7) is 2.87. The van der Waals surface area contributed by atoms with Crippen LogP contribution in [0, 0.1) is 6.92 Å². The standard InChI is InChI=1S/C9H10O5S.Na.H/c1-6-3-4-8(15(11,12)13)5-9(6)14-7(2)10;;/h3-5H,1-2H3,(H,11,12,13);;. The van der Waals surface area contributed by atoms with E-state index in [0.717, 1.165) is 6.07 Å². The van der Waals surface area contributed by atoms with Crippen molar-refractivity contribution in [1.29, 1.82) is 0 Å². The average molecular weight is 254 g/mol. The first-order chi connectivity index (χ1) is 6.80. The van der Waals surface area contributed by atoms with Gasteiger partial charge in [0.05, 0.1) is 4.90 Å².